The number of benzene rings is 1. The predicted molar refractivity (Wildman–Crippen MR) is 97.5 cm³/mol. The molecule has 1 aliphatic carbocycles. The molecule has 1 fully saturated rings. The van der Waals surface area contributed by atoms with Crippen LogP contribution in [-0.2, 0) is 4.79 Å². The first-order valence-corrected chi connectivity index (χ1v) is 9.32. The van der Waals surface area contributed by atoms with Crippen LogP contribution in [0, 0.1) is 12.8 Å². The highest BCUT2D eigenvalue weighted by Crippen LogP contribution is 2.32. The second kappa shape index (κ2) is 8.09. The second-order valence-corrected chi connectivity index (χ2v) is 7.64. The van der Waals surface area contributed by atoms with E-state index in [2.05, 4.69) is 15.0 Å². The number of aromatic nitrogens is 1. The molecular weight excluding hydrogens is 360 g/mol. The number of aryl methyl sites for hydroxylation is 1. The Hall–Kier alpha value is -2.06. The number of halogens is 2. The molecule has 0 radical (unpaired) electrons. The van der Waals surface area contributed by atoms with E-state index in [0.717, 1.165) is 29.7 Å². The molecule has 0 saturated heterocycles. The first-order chi connectivity index (χ1) is 12.4. The number of alkyl halides is 2. The molecule has 1 amide bonds. The average Bonchev–Trinajstić information content (AvgIpc) is 3.13. The monoisotopic (exact) mass is 381 g/mol. The summed E-state index contributed by atoms with van der Waals surface area (Å²) in [5, 5.41) is 3.38. The van der Waals surface area contributed by atoms with Crippen molar-refractivity contribution in [3.63, 3.8) is 0 Å². The number of ether oxygens (including phenoxy) is 1. The maximum absolute atomic E-state index is 12.2. The highest BCUT2D eigenvalue weighted by molar-refractivity contribution is 7.16. The molecule has 3 N–H and O–H groups in total. The van der Waals surface area contributed by atoms with Gasteiger partial charge in [0, 0.05) is 22.9 Å². The number of rotatable bonds is 6. The van der Waals surface area contributed by atoms with Gasteiger partial charge in [0.05, 0.1) is 5.69 Å². The molecule has 3 rings (SSSR count). The van der Waals surface area contributed by atoms with Crippen molar-refractivity contribution in [1.82, 2.24) is 4.98 Å². The molecule has 1 heterocycles. The fourth-order valence-electron chi connectivity index (χ4n) is 3.24. The van der Waals surface area contributed by atoms with Gasteiger partial charge in [-0.1, -0.05) is 6.42 Å². The Morgan fingerprint density at radius 2 is 2.12 bits per heavy atom. The summed E-state index contributed by atoms with van der Waals surface area (Å²) in [6.07, 6.45) is 3.45. The number of hydrogen-bond donors (Lipinski definition) is 2. The van der Waals surface area contributed by atoms with Gasteiger partial charge in [-0.05, 0) is 49.9 Å². The van der Waals surface area contributed by atoms with Gasteiger partial charge in [-0.3, -0.25) is 4.79 Å². The number of nitrogens with zero attached hydrogens (tertiary/aromatic N) is 1. The molecule has 5 nitrogen and oxygen atoms in total. The lowest BCUT2D eigenvalue weighted by Crippen LogP contribution is -2.28. The lowest BCUT2D eigenvalue weighted by Gasteiger charge is -2.13. The summed E-state index contributed by atoms with van der Waals surface area (Å²) in [5.41, 5.74) is 7.51. The minimum Gasteiger partial charge on any atom is -0.435 e. The van der Waals surface area contributed by atoms with Crippen molar-refractivity contribution >= 4 is 22.4 Å². The van der Waals surface area contributed by atoms with Crippen molar-refractivity contribution in [2.75, 3.05) is 5.32 Å². The molecule has 2 aromatic rings. The van der Waals surface area contributed by atoms with E-state index in [1.807, 2.05) is 6.92 Å². The molecule has 26 heavy (non-hydrogen) atoms. The van der Waals surface area contributed by atoms with E-state index in [0.29, 0.717) is 17.2 Å². The third-order valence-electron chi connectivity index (χ3n) is 4.56. The van der Waals surface area contributed by atoms with Gasteiger partial charge in [-0.2, -0.15) is 8.78 Å². The number of amides is 1. The molecule has 8 heteroatoms. The van der Waals surface area contributed by atoms with E-state index in [1.165, 1.54) is 23.5 Å². The van der Waals surface area contributed by atoms with Crippen molar-refractivity contribution in [2.24, 2.45) is 11.7 Å². The topological polar surface area (TPSA) is 77.2 Å². The molecule has 1 saturated carbocycles. The molecule has 1 aromatic carbocycles. The summed E-state index contributed by atoms with van der Waals surface area (Å²) < 4.78 is 28.8. The molecule has 0 aliphatic heterocycles. The number of carbonyl (C=O) groups excluding carboxylic acids is 1. The Morgan fingerprint density at radius 1 is 1.38 bits per heavy atom. The Labute approximate surface area is 154 Å². The van der Waals surface area contributed by atoms with Gasteiger partial charge in [0.25, 0.3) is 0 Å². The molecule has 1 aromatic heterocycles. The number of nitrogens with two attached hydrogens (primary N) is 1. The van der Waals surface area contributed by atoms with E-state index in [4.69, 9.17) is 5.73 Å². The number of hydrogen-bond acceptors (Lipinski definition) is 5. The van der Waals surface area contributed by atoms with Crippen LogP contribution < -0.4 is 15.8 Å². The van der Waals surface area contributed by atoms with Crippen LogP contribution in [0.4, 0.5) is 13.9 Å². The molecule has 0 unspecified atom stereocenters. The zero-order chi connectivity index (χ0) is 18.7. The Bertz CT molecular complexity index is 764. The van der Waals surface area contributed by atoms with E-state index in [9.17, 15) is 13.6 Å². The van der Waals surface area contributed by atoms with E-state index in [-0.39, 0.29) is 23.6 Å². The lowest BCUT2D eigenvalue weighted by molar-refractivity contribution is -0.117. The van der Waals surface area contributed by atoms with Gasteiger partial charge in [0.1, 0.15) is 5.75 Å². The largest absolute Gasteiger partial charge is 0.435 e. The molecule has 140 valence electrons. The summed E-state index contributed by atoms with van der Waals surface area (Å²) in [4.78, 5) is 17.6. The average molecular weight is 381 g/mol. The molecule has 0 spiro atoms. The second-order valence-electron chi connectivity index (χ2n) is 6.43. The Kier molecular flexibility index (Phi) is 5.83. The summed E-state index contributed by atoms with van der Waals surface area (Å²) >= 11 is 1.39. The lowest BCUT2D eigenvalue weighted by atomic mass is 10.00. The van der Waals surface area contributed by atoms with Crippen LogP contribution in [0.3, 0.4) is 0 Å². The number of thiazole rings is 1. The van der Waals surface area contributed by atoms with Gasteiger partial charge in [0.2, 0.25) is 5.91 Å². The van der Waals surface area contributed by atoms with E-state index in [1.54, 1.807) is 12.1 Å². The van der Waals surface area contributed by atoms with Crippen LogP contribution in [0.1, 0.15) is 30.6 Å². The minimum atomic E-state index is -2.85. The van der Waals surface area contributed by atoms with E-state index < -0.39 is 6.61 Å². The Balaban J connectivity index is 1.65. The van der Waals surface area contributed by atoms with Gasteiger partial charge < -0.3 is 15.8 Å². The van der Waals surface area contributed by atoms with Gasteiger partial charge >= 0.3 is 6.61 Å². The maximum atomic E-state index is 12.2. The molecule has 2 atom stereocenters. The SMILES string of the molecule is Cc1sc(NC(=O)C[C@@H]2CCC[C@H]2N)nc1-c1ccc(OC(F)F)cc1. The van der Waals surface area contributed by atoms with Crippen molar-refractivity contribution in [3.05, 3.63) is 29.1 Å². The zero-order valence-electron chi connectivity index (χ0n) is 14.4. The Morgan fingerprint density at radius 3 is 2.73 bits per heavy atom. The van der Waals surface area contributed by atoms with Gasteiger partial charge in [-0.25, -0.2) is 4.98 Å². The third kappa shape index (κ3) is 4.56. The summed E-state index contributed by atoms with van der Waals surface area (Å²) in [5.74, 6) is 0.254. The highest BCUT2D eigenvalue weighted by Gasteiger charge is 2.26. The zero-order valence-corrected chi connectivity index (χ0v) is 15.2. The van der Waals surface area contributed by atoms with Gasteiger partial charge in [-0.15, -0.1) is 11.3 Å². The third-order valence-corrected chi connectivity index (χ3v) is 5.45. The quantitative estimate of drug-likeness (QED) is 0.787. The summed E-state index contributed by atoms with van der Waals surface area (Å²) in [7, 11) is 0. The first kappa shape index (κ1) is 18.7. The van der Waals surface area contributed by atoms with Crippen molar-refractivity contribution in [3.8, 4) is 17.0 Å². The van der Waals surface area contributed by atoms with Crippen LogP contribution in [0.15, 0.2) is 24.3 Å². The van der Waals surface area contributed by atoms with Crippen LogP contribution in [0.5, 0.6) is 5.75 Å². The van der Waals surface area contributed by atoms with Crippen molar-refractivity contribution in [2.45, 2.75) is 45.3 Å². The molecule has 1 aliphatic rings. The number of anilines is 1. The first-order valence-electron chi connectivity index (χ1n) is 8.50. The van der Waals surface area contributed by atoms with E-state index >= 15 is 0 Å². The van der Waals surface area contributed by atoms with Crippen LogP contribution in [-0.4, -0.2) is 23.5 Å². The van der Waals surface area contributed by atoms with Gasteiger partial charge in [0.15, 0.2) is 5.13 Å². The summed E-state index contributed by atoms with van der Waals surface area (Å²) in [6, 6.07) is 6.38. The van der Waals surface area contributed by atoms with Crippen molar-refractivity contribution in [1.29, 1.82) is 0 Å². The smallest absolute Gasteiger partial charge is 0.387 e. The molecule has 0 bridgehead atoms. The van der Waals surface area contributed by atoms with Crippen LogP contribution in [0.2, 0.25) is 0 Å². The van der Waals surface area contributed by atoms with Crippen LogP contribution in [0.25, 0.3) is 11.3 Å². The fourth-order valence-corrected chi connectivity index (χ4v) is 4.09. The predicted octanol–water partition coefficient (Wildman–Crippen LogP) is 4.18. The minimum absolute atomic E-state index is 0.0756. The standard InChI is InChI=1S/C18H21F2N3O2S/c1-10-16(11-5-7-13(8-6-11)25-17(19)20)23-18(26-10)22-15(24)9-12-3-2-4-14(12)21/h5-8,12,14,17H,2-4,9,21H2,1H3,(H,22,23,24)/t12-,14+/m0/s1. The maximum Gasteiger partial charge on any atom is 0.387 e. The number of carbonyl (C=O) groups is 1. The normalized spacial score (nSPS) is 19.7. The summed E-state index contributed by atoms with van der Waals surface area (Å²) in [6.45, 7) is -0.948. The van der Waals surface area contributed by atoms with Crippen LogP contribution >= 0.6 is 11.3 Å². The van der Waals surface area contributed by atoms with Crippen molar-refractivity contribution < 1.29 is 18.3 Å². The highest BCUT2D eigenvalue weighted by atomic mass is 32.1. The fraction of sp³-hybridized carbons (Fsp3) is 0.444. The molecular formula is C18H21F2N3O2S. The number of nitrogens with one attached hydrogen (secondary N) is 1.